The van der Waals surface area contributed by atoms with Gasteiger partial charge in [-0.2, -0.15) is 0 Å². The van der Waals surface area contributed by atoms with E-state index in [1.807, 2.05) is 33.8 Å². The van der Waals surface area contributed by atoms with Crippen molar-refractivity contribution in [3.8, 4) is 5.75 Å². The first-order chi connectivity index (χ1) is 7.47. The lowest BCUT2D eigenvalue weighted by molar-refractivity contribution is 0.238. The number of benzene rings is 1. The molecular formula is C13H20ClNO. The van der Waals surface area contributed by atoms with E-state index >= 15 is 0 Å². The van der Waals surface area contributed by atoms with Crippen LogP contribution in [0.15, 0.2) is 6.07 Å². The van der Waals surface area contributed by atoms with Crippen LogP contribution in [0.1, 0.15) is 30.5 Å². The predicted octanol–water partition coefficient (Wildman–Crippen LogP) is 3.25. The lowest BCUT2D eigenvalue weighted by atomic mass is 10.0. The van der Waals surface area contributed by atoms with Crippen molar-refractivity contribution in [3.05, 3.63) is 27.8 Å². The Morgan fingerprint density at radius 3 is 2.50 bits per heavy atom. The van der Waals surface area contributed by atoms with Crippen LogP contribution in [0.5, 0.6) is 5.75 Å². The maximum Gasteiger partial charge on any atom is 0.126 e. The Hall–Kier alpha value is -0.730. The third-order valence-corrected chi connectivity index (χ3v) is 2.93. The Bertz CT molecular complexity index is 375. The molecule has 3 heteroatoms. The van der Waals surface area contributed by atoms with E-state index in [1.54, 1.807) is 0 Å². The Morgan fingerprint density at radius 2 is 2.00 bits per heavy atom. The van der Waals surface area contributed by atoms with Crippen LogP contribution < -0.4 is 10.5 Å². The van der Waals surface area contributed by atoms with Gasteiger partial charge in [0.15, 0.2) is 0 Å². The summed E-state index contributed by atoms with van der Waals surface area (Å²) in [7, 11) is 0. The number of aryl methyl sites for hydroxylation is 1. The van der Waals surface area contributed by atoms with Crippen molar-refractivity contribution in [2.24, 2.45) is 5.73 Å². The second-order valence-corrected chi connectivity index (χ2v) is 4.72. The van der Waals surface area contributed by atoms with E-state index in [0.29, 0.717) is 6.54 Å². The fraction of sp³-hybridized carbons (Fsp3) is 0.538. The van der Waals surface area contributed by atoms with Crippen molar-refractivity contribution in [3.63, 3.8) is 0 Å². The molecule has 1 aromatic carbocycles. The van der Waals surface area contributed by atoms with Crippen LogP contribution in [0, 0.1) is 13.8 Å². The molecule has 90 valence electrons. The van der Waals surface area contributed by atoms with Crippen LogP contribution in [0.3, 0.4) is 0 Å². The molecule has 0 aromatic heterocycles. The van der Waals surface area contributed by atoms with Gasteiger partial charge in [-0.25, -0.2) is 0 Å². The molecule has 0 saturated heterocycles. The van der Waals surface area contributed by atoms with Crippen molar-refractivity contribution < 1.29 is 4.74 Å². The highest BCUT2D eigenvalue weighted by atomic mass is 35.5. The molecule has 0 aliphatic rings. The summed E-state index contributed by atoms with van der Waals surface area (Å²) in [5, 5.41) is 0.789. The summed E-state index contributed by atoms with van der Waals surface area (Å²) in [6.07, 6.45) is 0.964. The van der Waals surface area contributed by atoms with Gasteiger partial charge in [-0.1, -0.05) is 11.6 Å². The molecule has 0 atom stereocenters. The topological polar surface area (TPSA) is 35.2 Å². The molecule has 0 saturated carbocycles. The van der Waals surface area contributed by atoms with Crippen LogP contribution >= 0.6 is 11.6 Å². The maximum atomic E-state index is 6.17. The highest BCUT2D eigenvalue weighted by molar-refractivity contribution is 6.31. The molecule has 0 amide bonds. The molecule has 1 aromatic rings. The van der Waals surface area contributed by atoms with Gasteiger partial charge in [-0.3, -0.25) is 0 Å². The quantitative estimate of drug-likeness (QED) is 0.878. The fourth-order valence-corrected chi connectivity index (χ4v) is 2.04. The number of nitrogens with two attached hydrogens (primary N) is 1. The highest BCUT2D eigenvalue weighted by Crippen LogP contribution is 2.33. The molecule has 0 aliphatic heterocycles. The first-order valence-electron chi connectivity index (χ1n) is 5.62. The van der Waals surface area contributed by atoms with E-state index in [4.69, 9.17) is 22.1 Å². The van der Waals surface area contributed by atoms with Crippen molar-refractivity contribution in [2.75, 3.05) is 6.54 Å². The van der Waals surface area contributed by atoms with Gasteiger partial charge < -0.3 is 10.5 Å². The average Bonchev–Trinajstić information content (AvgIpc) is 2.19. The van der Waals surface area contributed by atoms with Crippen LogP contribution in [0.2, 0.25) is 5.02 Å². The minimum absolute atomic E-state index is 0.163. The SMILES string of the molecule is Cc1cc(Cl)c(C)c(CCN)c1OC(C)C. The lowest BCUT2D eigenvalue weighted by Gasteiger charge is -2.19. The molecule has 0 spiro atoms. The first-order valence-corrected chi connectivity index (χ1v) is 6.00. The van der Waals surface area contributed by atoms with Crippen molar-refractivity contribution in [2.45, 2.75) is 40.2 Å². The molecule has 0 radical (unpaired) electrons. The van der Waals surface area contributed by atoms with E-state index in [2.05, 4.69) is 0 Å². The van der Waals surface area contributed by atoms with E-state index in [0.717, 1.165) is 33.9 Å². The summed E-state index contributed by atoms with van der Waals surface area (Å²) in [6, 6.07) is 1.95. The zero-order valence-electron chi connectivity index (χ0n) is 10.4. The smallest absolute Gasteiger partial charge is 0.126 e. The van der Waals surface area contributed by atoms with E-state index in [9.17, 15) is 0 Å². The second-order valence-electron chi connectivity index (χ2n) is 4.31. The monoisotopic (exact) mass is 241 g/mol. The minimum atomic E-state index is 0.163. The van der Waals surface area contributed by atoms with Gasteiger partial charge in [0.1, 0.15) is 5.75 Å². The van der Waals surface area contributed by atoms with Gasteiger partial charge in [0.05, 0.1) is 6.10 Å². The Labute approximate surface area is 103 Å². The van der Waals surface area contributed by atoms with Gasteiger partial charge >= 0.3 is 0 Å². The maximum absolute atomic E-state index is 6.17. The molecular weight excluding hydrogens is 222 g/mol. The molecule has 0 heterocycles. The van der Waals surface area contributed by atoms with Crippen molar-refractivity contribution in [1.29, 1.82) is 0 Å². The molecule has 0 fully saturated rings. The van der Waals surface area contributed by atoms with Crippen LogP contribution in [0.25, 0.3) is 0 Å². The zero-order valence-corrected chi connectivity index (χ0v) is 11.2. The Kier molecular flexibility index (Phi) is 4.63. The normalized spacial score (nSPS) is 10.9. The largest absolute Gasteiger partial charge is 0.490 e. The summed E-state index contributed by atoms with van der Waals surface area (Å²) in [5.74, 6) is 0.947. The fourth-order valence-electron chi connectivity index (χ4n) is 1.76. The summed E-state index contributed by atoms with van der Waals surface area (Å²) < 4.78 is 5.85. The summed E-state index contributed by atoms with van der Waals surface area (Å²) in [4.78, 5) is 0. The molecule has 2 nitrogen and oxygen atoms in total. The number of rotatable bonds is 4. The van der Waals surface area contributed by atoms with Gasteiger partial charge in [0, 0.05) is 10.6 Å². The third kappa shape index (κ3) is 2.89. The van der Waals surface area contributed by atoms with Crippen LogP contribution in [0.4, 0.5) is 0 Å². The average molecular weight is 242 g/mol. The zero-order chi connectivity index (χ0) is 12.3. The van der Waals surface area contributed by atoms with E-state index < -0.39 is 0 Å². The standard InChI is InChI=1S/C13H20ClNO/c1-8(2)16-13-9(3)7-12(14)10(4)11(13)5-6-15/h7-8H,5-6,15H2,1-4H3. The number of ether oxygens (including phenoxy) is 1. The molecule has 0 aliphatic carbocycles. The third-order valence-electron chi connectivity index (χ3n) is 2.53. The first kappa shape index (κ1) is 13.3. The molecule has 2 N–H and O–H groups in total. The molecule has 0 bridgehead atoms. The Balaban J connectivity index is 3.26. The van der Waals surface area contributed by atoms with Gasteiger partial charge in [-0.05, 0) is 57.9 Å². The molecule has 1 rings (SSSR count). The highest BCUT2D eigenvalue weighted by Gasteiger charge is 2.14. The van der Waals surface area contributed by atoms with Crippen LogP contribution in [-0.2, 0) is 6.42 Å². The van der Waals surface area contributed by atoms with Gasteiger partial charge in [0.2, 0.25) is 0 Å². The predicted molar refractivity (Wildman–Crippen MR) is 69.4 cm³/mol. The summed E-state index contributed by atoms with van der Waals surface area (Å²) >= 11 is 6.17. The summed E-state index contributed by atoms with van der Waals surface area (Å²) in [5.41, 5.74) is 8.92. The number of hydrogen-bond donors (Lipinski definition) is 1. The van der Waals surface area contributed by atoms with Crippen LogP contribution in [-0.4, -0.2) is 12.6 Å². The number of hydrogen-bond acceptors (Lipinski definition) is 2. The van der Waals surface area contributed by atoms with Crippen molar-refractivity contribution in [1.82, 2.24) is 0 Å². The van der Waals surface area contributed by atoms with Crippen molar-refractivity contribution >= 4 is 11.6 Å². The minimum Gasteiger partial charge on any atom is -0.490 e. The second kappa shape index (κ2) is 5.55. The van der Waals surface area contributed by atoms with Gasteiger partial charge in [0.25, 0.3) is 0 Å². The van der Waals surface area contributed by atoms with Gasteiger partial charge in [-0.15, -0.1) is 0 Å². The molecule has 0 unspecified atom stereocenters. The molecule has 16 heavy (non-hydrogen) atoms. The Morgan fingerprint density at radius 1 is 1.38 bits per heavy atom. The van der Waals surface area contributed by atoms with E-state index in [1.165, 1.54) is 0 Å². The lowest BCUT2D eigenvalue weighted by Crippen LogP contribution is -2.12. The number of halogens is 1. The van der Waals surface area contributed by atoms with E-state index in [-0.39, 0.29) is 6.10 Å². The summed E-state index contributed by atoms with van der Waals surface area (Å²) in [6.45, 7) is 8.68.